The van der Waals surface area contributed by atoms with Gasteiger partial charge in [0.2, 0.25) is 0 Å². The van der Waals surface area contributed by atoms with E-state index in [0.29, 0.717) is 13.1 Å². The lowest BCUT2D eigenvalue weighted by molar-refractivity contribution is -0.950. The van der Waals surface area contributed by atoms with E-state index < -0.39 is 23.9 Å². The first-order valence-electron chi connectivity index (χ1n) is 7.97. The molecule has 150 valence electrons. The first-order valence-corrected chi connectivity index (χ1v) is 7.97. The van der Waals surface area contributed by atoms with Gasteiger partial charge in [-0.05, 0) is 0 Å². The molecule has 0 atom stereocenters. The summed E-state index contributed by atoms with van der Waals surface area (Å²) in [4.78, 5) is 46.9. The molecule has 0 aromatic carbocycles. The molecule has 0 bridgehead atoms. The highest BCUT2D eigenvalue weighted by Crippen LogP contribution is 2.10. The highest BCUT2D eigenvalue weighted by molar-refractivity contribution is 5.73. The standard InChI is InChI=1S/C16H30N2O8/c1-17(9-13(19)23-3,10-14(20)24-4)7-8-18(2,11-15(21)25-5)12-16(22)26-6/h7-12H2,1-6H3/q+2. The molecule has 0 saturated carbocycles. The summed E-state index contributed by atoms with van der Waals surface area (Å²) in [7, 11) is 8.46. The summed E-state index contributed by atoms with van der Waals surface area (Å²) in [5.74, 6) is -1.92. The molecule has 0 unspecified atom stereocenters. The average molecular weight is 378 g/mol. The van der Waals surface area contributed by atoms with Gasteiger partial charge in [0, 0.05) is 0 Å². The van der Waals surface area contributed by atoms with Crippen molar-refractivity contribution in [2.24, 2.45) is 0 Å². The lowest BCUT2D eigenvalue weighted by Gasteiger charge is -2.37. The smallest absolute Gasteiger partial charge is 0.361 e. The number of methoxy groups -OCH3 is 4. The predicted octanol–water partition coefficient (Wildman–Crippen LogP) is -1.43. The molecule has 0 aromatic heterocycles. The highest BCUT2D eigenvalue weighted by atomic mass is 16.5. The van der Waals surface area contributed by atoms with Crippen molar-refractivity contribution in [1.29, 1.82) is 0 Å². The molecule has 10 nitrogen and oxygen atoms in total. The molecule has 0 aliphatic carbocycles. The van der Waals surface area contributed by atoms with Crippen LogP contribution in [0.15, 0.2) is 0 Å². The van der Waals surface area contributed by atoms with Gasteiger partial charge in [0.05, 0.1) is 42.5 Å². The molecule has 0 amide bonds. The van der Waals surface area contributed by atoms with Crippen molar-refractivity contribution in [2.75, 3.05) is 81.8 Å². The van der Waals surface area contributed by atoms with Gasteiger partial charge >= 0.3 is 23.9 Å². The third-order valence-electron chi connectivity index (χ3n) is 4.13. The Bertz CT molecular complexity index is 438. The summed E-state index contributed by atoms with van der Waals surface area (Å²) in [5, 5.41) is 0. The van der Waals surface area contributed by atoms with E-state index in [4.69, 9.17) is 18.9 Å². The predicted molar refractivity (Wildman–Crippen MR) is 89.6 cm³/mol. The van der Waals surface area contributed by atoms with Crippen molar-refractivity contribution in [3.05, 3.63) is 0 Å². The molecule has 0 aliphatic rings. The van der Waals surface area contributed by atoms with E-state index in [9.17, 15) is 19.2 Å². The number of hydrogen-bond acceptors (Lipinski definition) is 8. The number of hydrogen-bond donors (Lipinski definition) is 0. The normalized spacial score (nSPS) is 11.5. The van der Waals surface area contributed by atoms with Gasteiger partial charge in [0.25, 0.3) is 0 Å². The number of quaternary nitrogens is 2. The third kappa shape index (κ3) is 8.77. The van der Waals surface area contributed by atoms with Crippen molar-refractivity contribution >= 4 is 23.9 Å². The molecule has 0 aromatic rings. The van der Waals surface area contributed by atoms with Crippen LogP contribution in [-0.2, 0) is 38.1 Å². The molecular weight excluding hydrogens is 348 g/mol. The molecule has 0 fully saturated rings. The molecule has 10 heteroatoms. The number of nitrogens with zero attached hydrogens (tertiary/aromatic N) is 2. The minimum atomic E-state index is -0.480. The largest absolute Gasteiger partial charge is 0.465 e. The zero-order valence-electron chi connectivity index (χ0n) is 16.4. The number of carbonyl (C=O) groups is 4. The van der Waals surface area contributed by atoms with E-state index in [1.807, 2.05) is 0 Å². The Balaban J connectivity index is 5.34. The fourth-order valence-corrected chi connectivity index (χ4v) is 2.42. The monoisotopic (exact) mass is 378 g/mol. The Kier molecular flexibility index (Phi) is 9.81. The maximum Gasteiger partial charge on any atom is 0.361 e. The van der Waals surface area contributed by atoms with Crippen LogP contribution in [0.25, 0.3) is 0 Å². The minimum Gasteiger partial charge on any atom is -0.465 e. The van der Waals surface area contributed by atoms with Crippen LogP contribution in [0.1, 0.15) is 0 Å². The Labute approximate surface area is 153 Å². The number of rotatable bonds is 11. The van der Waals surface area contributed by atoms with Gasteiger partial charge in [0.1, 0.15) is 13.1 Å². The first kappa shape index (κ1) is 23.8. The first-order chi connectivity index (χ1) is 12.0. The Morgan fingerprint density at radius 3 is 0.885 bits per heavy atom. The molecule has 26 heavy (non-hydrogen) atoms. The number of ether oxygens (including phenoxy) is 4. The van der Waals surface area contributed by atoms with Crippen LogP contribution in [0, 0.1) is 0 Å². The van der Waals surface area contributed by atoms with E-state index in [1.165, 1.54) is 28.4 Å². The minimum absolute atomic E-state index is 0.00946. The van der Waals surface area contributed by atoms with Crippen molar-refractivity contribution in [2.45, 2.75) is 0 Å². The number of carbonyl (C=O) groups excluding carboxylic acids is 4. The molecule has 0 aliphatic heterocycles. The zero-order valence-corrected chi connectivity index (χ0v) is 16.4. The van der Waals surface area contributed by atoms with Gasteiger partial charge in [-0.15, -0.1) is 0 Å². The maximum atomic E-state index is 11.7. The second-order valence-corrected chi connectivity index (χ2v) is 6.62. The van der Waals surface area contributed by atoms with E-state index in [0.717, 1.165) is 0 Å². The van der Waals surface area contributed by atoms with E-state index in [-0.39, 0.29) is 35.1 Å². The van der Waals surface area contributed by atoms with Crippen LogP contribution in [0.2, 0.25) is 0 Å². The van der Waals surface area contributed by atoms with Crippen molar-refractivity contribution in [1.82, 2.24) is 0 Å². The zero-order chi connectivity index (χ0) is 20.4. The van der Waals surface area contributed by atoms with Crippen LogP contribution < -0.4 is 0 Å². The van der Waals surface area contributed by atoms with Crippen molar-refractivity contribution in [3.63, 3.8) is 0 Å². The highest BCUT2D eigenvalue weighted by Gasteiger charge is 2.36. The second kappa shape index (κ2) is 10.7. The summed E-state index contributed by atoms with van der Waals surface area (Å²) < 4.78 is 18.8. The summed E-state index contributed by atoms with van der Waals surface area (Å²) in [6.07, 6.45) is 0. The third-order valence-corrected chi connectivity index (χ3v) is 4.13. The maximum absolute atomic E-state index is 11.7. The van der Waals surface area contributed by atoms with Crippen LogP contribution in [-0.4, -0.2) is 115 Å². The lowest BCUT2D eigenvalue weighted by atomic mass is 10.3. The van der Waals surface area contributed by atoms with Crippen LogP contribution in [0.3, 0.4) is 0 Å². The van der Waals surface area contributed by atoms with Gasteiger partial charge in [-0.2, -0.15) is 0 Å². The van der Waals surface area contributed by atoms with E-state index in [1.54, 1.807) is 14.1 Å². The van der Waals surface area contributed by atoms with Gasteiger partial charge in [-0.1, -0.05) is 0 Å². The fraction of sp³-hybridized carbons (Fsp3) is 0.750. The van der Waals surface area contributed by atoms with Crippen LogP contribution in [0.4, 0.5) is 0 Å². The molecule has 0 saturated heterocycles. The quantitative estimate of drug-likeness (QED) is 0.245. The molecule has 0 spiro atoms. The van der Waals surface area contributed by atoms with Crippen molar-refractivity contribution < 1.29 is 47.1 Å². The lowest BCUT2D eigenvalue weighted by Crippen LogP contribution is -2.60. The average Bonchev–Trinajstić information content (AvgIpc) is 2.59. The second-order valence-electron chi connectivity index (χ2n) is 6.62. The van der Waals surface area contributed by atoms with Gasteiger partial charge in [0.15, 0.2) is 26.2 Å². The molecule has 0 radical (unpaired) electrons. The van der Waals surface area contributed by atoms with Crippen molar-refractivity contribution in [3.8, 4) is 0 Å². The Morgan fingerprint density at radius 1 is 0.538 bits per heavy atom. The van der Waals surface area contributed by atoms with E-state index >= 15 is 0 Å². The van der Waals surface area contributed by atoms with Gasteiger partial charge in [-0.3, -0.25) is 0 Å². The summed E-state index contributed by atoms with van der Waals surface area (Å²) >= 11 is 0. The van der Waals surface area contributed by atoms with Gasteiger partial charge < -0.3 is 27.9 Å². The summed E-state index contributed by atoms with van der Waals surface area (Å²) in [5.41, 5.74) is 0. The number of esters is 4. The molecule has 0 N–H and O–H groups in total. The number of likely N-dealkylation sites (N-methyl/N-ethyl adjacent to an activating group) is 2. The summed E-state index contributed by atoms with van der Waals surface area (Å²) in [6.45, 7) is 0.414. The van der Waals surface area contributed by atoms with E-state index in [2.05, 4.69) is 0 Å². The molecule has 0 rings (SSSR count). The fourth-order valence-electron chi connectivity index (χ4n) is 2.42. The molecular formula is C16H30N2O8+2. The SMILES string of the molecule is COC(=O)C[N+](C)(CC[N+](C)(CC(=O)OC)CC(=O)OC)CC(=O)OC. The van der Waals surface area contributed by atoms with Crippen LogP contribution >= 0.6 is 0 Å². The Morgan fingerprint density at radius 2 is 0.731 bits per heavy atom. The topological polar surface area (TPSA) is 105 Å². The summed E-state index contributed by atoms with van der Waals surface area (Å²) in [6, 6.07) is 0. The van der Waals surface area contributed by atoms with Crippen LogP contribution in [0.5, 0.6) is 0 Å². The van der Waals surface area contributed by atoms with Gasteiger partial charge in [-0.25, -0.2) is 19.2 Å². The Hall–Kier alpha value is -2.20. The molecule has 0 heterocycles.